The van der Waals surface area contributed by atoms with E-state index >= 15 is 0 Å². The number of aliphatic hydroxyl groups excluding tert-OH is 1. The van der Waals surface area contributed by atoms with Gasteiger partial charge in [-0.05, 0) is 57.4 Å². The van der Waals surface area contributed by atoms with Crippen molar-refractivity contribution in [2.24, 2.45) is 0 Å². The molecule has 0 saturated heterocycles. The molecule has 1 N–H and O–H groups in total. The Hall–Kier alpha value is -2.08. The Bertz CT molecular complexity index is 639. The zero-order chi connectivity index (χ0) is 19.3. The molecular weight excluding hydrogens is 322 g/mol. The van der Waals surface area contributed by atoms with Crippen molar-refractivity contribution in [2.45, 2.75) is 60.6 Å². The number of rotatable bonds is 7. The topological polar surface area (TPSA) is 76.1 Å². The zero-order valence-corrected chi connectivity index (χ0v) is 16.2. The van der Waals surface area contributed by atoms with Gasteiger partial charge >= 0.3 is 5.97 Å². The van der Waals surface area contributed by atoms with Gasteiger partial charge in [0, 0.05) is 19.9 Å². The summed E-state index contributed by atoms with van der Waals surface area (Å²) in [6.07, 6.45) is -0.792. The molecule has 1 unspecified atom stereocenters. The second-order valence-corrected chi connectivity index (χ2v) is 6.59. The SMILES string of the molecule is CC(=O)Oc1c(C)cc(OCC(O)CN(C(C)=O)C(C)C)c(C)c1C. The van der Waals surface area contributed by atoms with E-state index in [0.717, 1.165) is 16.7 Å². The Morgan fingerprint density at radius 1 is 1.16 bits per heavy atom. The minimum absolute atomic E-state index is 0.0152. The smallest absolute Gasteiger partial charge is 0.308 e. The molecular formula is C19H29NO5. The van der Waals surface area contributed by atoms with Gasteiger partial charge in [-0.2, -0.15) is 0 Å². The van der Waals surface area contributed by atoms with Crippen LogP contribution >= 0.6 is 0 Å². The standard InChI is InChI=1S/C19H29NO5/c1-11(2)20(15(6)21)9-17(23)10-24-18-8-12(3)19(25-16(7)22)14(5)13(18)4/h8,11,17,23H,9-10H2,1-7H3. The summed E-state index contributed by atoms with van der Waals surface area (Å²) >= 11 is 0. The van der Waals surface area contributed by atoms with Gasteiger partial charge in [0.2, 0.25) is 5.91 Å². The second kappa shape index (κ2) is 8.85. The molecule has 0 heterocycles. The number of aryl methyl sites for hydroxylation is 1. The van der Waals surface area contributed by atoms with Crippen LogP contribution in [0.1, 0.15) is 44.4 Å². The van der Waals surface area contributed by atoms with E-state index in [-0.39, 0.29) is 31.1 Å². The average molecular weight is 351 g/mol. The first-order valence-corrected chi connectivity index (χ1v) is 8.41. The third-order valence-electron chi connectivity index (χ3n) is 4.09. The summed E-state index contributed by atoms with van der Waals surface area (Å²) in [5, 5.41) is 10.2. The number of hydrogen-bond donors (Lipinski definition) is 1. The van der Waals surface area contributed by atoms with Crippen LogP contribution in [0.3, 0.4) is 0 Å². The first-order chi connectivity index (χ1) is 11.5. The summed E-state index contributed by atoms with van der Waals surface area (Å²) in [6.45, 7) is 12.5. The number of nitrogens with zero attached hydrogens (tertiary/aromatic N) is 1. The van der Waals surface area contributed by atoms with E-state index in [1.165, 1.54) is 13.8 Å². The predicted octanol–water partition coefficient (Wildman–Crippen LogP) is 2.53. The molecule has 25 heavy (non-hydrogen) atoms. The Balaban J connectivity index is 2.84. The lowest BCUT2D eigenvalue weighted by Gasteiger charge is -2.28. The highest BCUT2D eigenvalue weighted by Crippen LogP contribution is 2.33. The molecule has 1 atom stereocenters. The number of aliphatic hydroxyl groups is 1. The molecule has 1 rings (SSSR count). The molecule has 6 nitrogen and oxygen atoms in total. The zero-order valence-electron chi connectivity index (χ0n) is 16.2. The van der Waals surface area contributed by atoms with E-state index in [1.807, 2.05) is 34.6 Å². The summed E-state index contributed by atoms with van der Waals surface area (Å²) in [5.74, 6) is 0.722. The fraction of sp³-hybridized carbons (Fsp3) is 0.579. The van der Waals surface area contributed by atoms with Gasteiger partial charge in [-0.25, -0.2) is 0 Å². The molecule has 0 aliphatic carbocycles. The third kappa shape index (κ3) is 5.74. The van der Waals surface area contributed by atoms with Crippen molar-refractivity contribution in [1.29, 1.82) is 0 Å². The van der Waals surface area contributed by atoms with Gasteiger partial charge in [-0.3, -0.25) is 9.59 Å². The minimum Gasteiger partial charge on any atom is -0.491 e. The molecule has 0 aromatic heterocycles. The van der Waals surface area contributed by atoms with Crippen molar-refractivity contribution in [3.63, 3.8) is 0 Å². The minimum atomic E-state index is -0.792. The van der Waals surface area contributed by atoms with Crippen molar-refractivity contribution >= 4 is 11.9 Å². The summed E-state index contributed by atoms with van der Waals surface area (Å²) < 4.78 is 11.0. The molecule has 0 aliphatic heterocycles. The van der Waals surface area contributed by atoms with Gasteiger partial charge in [0.1, 0.15) is 24.2 Å². The van der Waals surface area contributed by atoms with Crippen molar-refractivity contribution in [1.82, 2.24) is 4.90 Å². The van der Waals surface area contributed by atoms with Crippen molar-refractivity contribution < 1.29 is 24.2 Å². The van der Waals surface area contributed by atoms with Crippen LogP contribution in [0.4, 0.5) is 0 Å². The number of amides is 1. The number of ether oxygens (including phenoxy) is 2. The number of carbonyl (C=O) groups excluding carboxylic acids is 2. The lowest BCUT2D eigenvalue weighted by Crippen LogP contribution is -2.42. The largest absolute Gasteiger partial charge is 0.491 e. The summed E-state index contributed by atoms with van der Waals surface area (Å²) in [4.78, 5) is 24.4. The molecule has 6 heteroatoms. The van der Waals surface area contributed by atoms with E-state index in [2.05, 4.69) is 0 Å². The molecule has 0 aliphatic rings. The number of benzene rings is 1. The maximum atomic E-state index is 11.6. The van der Waals surface area contributed by atoms with Crippen LogP contribution in [0.15, 0.2) is 6.07 Å². The number of esters is 1. The average Bonchev–Trinajstić information content (AvgIpc) is 2.50. The van der Waals surface area contributed by atoms with Gasteiger partial charge in [0.25, 0.3) is 0 Å². The molecule has 0 spiro atoms. The molecule has 140 valence electrons. The molecule has 0 bridgehead atoms. The highest BCUT2D eigenvalue weighted by atomic mass is 16.5. The quantitative estimate of drug-likeness (QED) is 0.603. The monoisotopic (exact) mass is 351 g/mol. The Morgan fingerprint density at radius 3 is 2.24 bits per heavy atom. The summed E-state index contributed by atoms with van der Waals surface area (Å²) in [7, 11) is 0. The maximum Gasteiger partial charge on any atom is 0.308 e. The van der Waals surface area contributed by atoms with Gasteiger partial charge < -0.3 is 19.5 Å². The van der Waals surface area contributed by atoms with Crippen molar-refractivity contribution in [3.8, 4) is 11.5 Å². The number of carbonyl (C=O) groups is 2. The van der Waals surface area contributed by atoms with E-state index in [1.54, 1.807) is 11.0 Å². The summed E-state index contributed by atoms with van der Waals surface area (Å²) in [6, 6.07) is 1.81. The highest BCUT2D eigenvalue weighted by Gasteiger charge is 2.19. The first-order valence-electron chi connectivity index (χ1n) is 8.41. The third-order valence-corrected chi connectivity index (χ3v) is 4.09. The normalized spacial score (nSPS) is 12.0. The Labute approximate surface area is 149 Å². The molecule has 0 fully saturated rings. The fourth-order valence-corrected chi connectivity index (χ4v) is 2.64. The molecule has 0 radical (unpaired) electrons. The Kier molecular flexibility index (Phi) is 7.42. The molecule has 1 amide bonds. The first kappa shape index (κ1) is 21.0. The lowest BCUT2D eigenvalue weighted by atomic mass is 10.0. The van der Waals surface area contributed by atoms with E-state index in [0.29, 0.717) is 11.5 Å². The van der Waals surface area contributed by atoms with E-state index in [9.17, 15) is 14.7 Å². The molecule has 0 saturated carbocycles. The van der Waals surface area contributed by atoms with E-state index in [4.69, 9.17) is 9.47 Å². The van der Waals surface area contributed by atoms with Crippen LogP contribution in [-0.2, 0) is 9.59 Å². The Morgan fingerprint density at radius 2 is 1.76 bits per heavy atom. The van der Waals surface area contributed by atoms with Gasteiger partial charge in [0.05, 0.1) is 6.54 Å². The summed E-state index contributed by atoms with van der Waals surface area (Å²) in [5.41, 5.74) is 2.46. The van der Waals surface area contributed by atoms with Crippen LogP contribution in [0.25, 0.3) is 0 Å². The van der Waals surface area contributed by atoms with Crippen LogP contribution in [0.2, 0.25) is 0 Å². The van der Waals surface area contributed by atoms with E-state index < -0.39 is 6.10 Å². The van der Waals surface area contributed by atoms with Crippen molar-refractivity contribution in [3.05, 3.63) is 22.8 Å². The fourth-order valence-electron chi connectivity index (χ4n) is 2.64. The van der Waals surface area contributed by atoms with Gasteiger partial charge in [0.15, 0.2) is 0 Å². The molecule has 1 aromatic rings. The maximum absolute atomic E-state index is 11.6. The van der Waals surface area contributed by atoms with Crippen LogP contribution < -0.4 is 9.47 Å². The van der Waals surface area contributed by atoms with Crippen LogP contribution in [-0.4, -0.2) is 47.2 Å². The van der Waals surface area contributed by atoms with Gasteiger partial charge in [-0.1, -0.05) is 0 Å². The molecule has 1 aromatic carbocycles. The predicted molar refractivity (Wildman–Crippen MR) is 96.0 cm³/mol. The lowest BCUT2D eigenvalue weighted by molar-refractivity contribution is -0.133. The second-order valence-electron chi connectivity index (χ2n) is 6.59. The van der Waals surface area contributed by atoms with Crippen LogP contribution in [0.5, 0.6) is 11.5 Å². The van der Waals surface area contributed by atoms with Gasteiger partial charge in [-0.15, -0.1) is 0 Å². The number of hydrogen-bond acceptors (Lipinski definition) is 5. The highest BCUT2D eigenvalue weighted by molar-refractivity contribution is 5.73. The van der Waals surface area contributed by atoms with Crippen LogP contribution in [0, 0.1) is 20.8 Å². The van der Waals surface area contributed by atoms with Crippen molar-refractivity contribution in [2.75, 3.05) is 13.2 Å².